The van der Waals surface area contributed by atoms with Crippen LogP contribution in [0.4, 0.5) is 0 Å². The van der Waals surface area contributed by atoms with E-state index in [0.717, 1.165) is 89.9 Å². The molecular formula is C44H77O12P. The van der Waals surface area contributed by atoms with Gasteiger partial charge in [0.15, 0.2) is 0 Å². The zero-order valence-corrected chi connectivity index (χ0v) is 35.8. The van der Waals surface area contributed by atoms with Crippen LogP contribution in [0.5, 0.6) is 0 Å². The second-order valence-electron chi connectivity index (χ2n) is 14.8. The number of aliphatic hydroxyl groups excluding tert-OH is 5. The largest absolute Gasteiger partial charge is 0.472 e. The van der Waals surface area contributed by atoms with Crippen LogP contribution in [-0.2, 0) is 27.9 Å². The molecule has 0 saturated heterocycles. The van der Waals surface area contributed by atoms with Gasteiger partial charge in [-0.25, -0.2) is 4.57 Å². The van der Waals surface area contributed by atoms with Crippen molar-refractivity contribution in [2.75, 3.05) is 19.8 Å². The lowest BCUT2D eigenvalue weighted by Crippen LogP contribution is -2.64. The number of aliphatic hydroxyl groups is 5. The Bertz CT molecular complexity index is 1170. The van der Waals surface area contributed by atoms with Gasteiger partial charge in [-0.2, -0.15) is 0 Å². The molecule has 1 aliphatic carbocycles. The quantitative estimate of drug-likeness (QED) is 0.0155. The van der Waals surface area contributed by atoms with Crippen LogP contribution in [0.3, 0.4) is 0 Å². The molecule has 12 nitrogen and oxygen atoms in total. The summed E-state index contributed by atoms with van der Waals surface area (Å²) >= 11 is 0. The number of unbranched alkanes of at least 4 members (excludes halogenated alkanes) is 13. The number of carbonyl (C=O) groups excluding carboxylic acids is 1. The highest BCUT2D eigenvalue weighted by Gasteiger charge is 2.51. The average Bonchev–Trinajstić information content (AvgIpc) is 3.19. The molecular weight excluding hydrogens is 751 g/mol. The van der Waals surface area contributed by atoms with E-state index in [2.05, 4.69) is 74.6 Å². The Morgan fingerprint density at radius 2 is 1.04 bits per heavy atom. The summed E-state index contributed by atoms with van der Waals surface area (Å²) in [5.74, 6) is -0.513. The third-order valence-electron chi connectivity index (χ3n) is 9.62. The van der Waals surface area contributed by atoms with Crippen molar-refractivity contribution in [2.45, 2.75) is 191 Å². The fraction of sp³-hybridized carbons (Fsp3) is 0.750. The zero-order chi connectivity index (χ0) is 42.0. The third kappa shape index (κ3) is 27.4. The summed E-state index contributed by atoms with van der Waals surface area (Å²) in [4.78, 5) is 23.1. The van der Waals surface area contributed by atoms with E-state index >= 15 is 0 Å². The van der Waals surface area contributed by atoms with Gasteiger partial charge in [0, 0.05) is 13.0 Å². The molecule has 0 spiro atoms. The molecule has 0 bridgehead atoms. The molecule has 1 saturated carbocycles. The minimum atomic E-state index is -5.03. The van der Waals surface area contributed by atoms with E-state index in [9.17, 15) is 39.8 Å². The number of ether oxygens (including phenoxy) is 2. The Hall–Kier alpha value is -1.96. The molecule has 0 aromatic heterocycles. The number of allylic oxidation sites excluding steroid dienone is 10. The van der Waals surface area contributed by atoms with Crippen LogP contribution in [0.2, 0.25) is 0 Å². The Kier molecular flexibility index (Phi) is 32.4. The topological polar surface area (TPSA) is 192 Å². The smallest absolute Gasteiger partial charge is 0.457 e. The van der Waals surface area contributed by atoms with Crippen molar-refractivity contribution >= 4 is 13.8 Å². The number of esters is 1. The van der Waals surface area contributed by atoms with Crippen LogP contribution < -0.4 is 0 Å². The Morgan fingerprint density at radius 3 is 1.58 bits per heavy atom. The van der Waals surface area contributed by atoms with E-state index in [1.165, 1.54) is 32.1 Å². The van der Waals surface area contributed by atoms with Crippen LogP contribution >= 0.6 is 7.82 Å². The number of phosphoric ester groups is 1. The standard InChI is InChI=1S/C44H77O12P/c1-3-5-7-9-11-13-15-17-18-19-20-22-24-26-28-30-32-34-53-35-37(36-54-57(51,52)56-44-42(49)40(47)39(46)41(48)43(44)50)55-38(45)33-31-29-27-25-23-21-16-14-12-10-8-6-4-2/h6,8,12-15,18-19,21,23,37,39-44,46-50H,3-5,7,9-11,16-17,20,22,24-36H2,1-2H3,(H,51,52)/b8-6-,14-12-,15-13-,19-18-,23-21-. The minimum Gasteiger partial charge on any atom is -0.457 e. The lowest BCUT2D eigenvalue weighted by Gasteiger charge is -2.41. The number of rotatable bonds is 35. The van der Waals surface area contributed by atoms with E-state index in [0.29, 0.717) is 13.0 Å². The first-order valence-electron chi connectivity index (χ1n) is 21.6. The van der Waals surface area contributed by atoms with Crippen molar-refractivity contribution in [1.29, 1.82) is 0 Å². The van der Waals surface area contributed by atoms with E-state index < -0.39 is 63.1 Å². The summed E-state index contributed by atoms with van der Waals surface area (Å²) in [7, 11) is -5.03. The molecule has 0 amide bonds. The predicted octanol–water partition coefficient (Wildman–Crippen LogP) is 8.25. The molecule has 57 heavy (non-hydrogen) atoms. The number of carbonyl (C=O) groups is 1. The molecule has 1 aliphatic rings. The zero-order valence-electron chi connectivity index (χ0n) is 34.9. The lowest BCUT2D eigenvalue weighted by atomic mass is 9.85. The van der Waals surface area contributed by atoms with E-state index in [1.807, 2.05) is 0 Å². The number of hydrogen-bond acceptors (Lipinski definition) is 11. The minimum absolute atomic E-state index is 0.0987. The van der Waals surface area contributed by atoms with Gasteiger partial charge in [0.1, 0.15) is 42.7 Å². The molecule has 0 aromatic rings. The summed E-state index contributed by atoms with van der Waals surface area (Å²) in [6.45, 7) is 4.05. The van der Waals surface area contributed by atoms with Crippen LogP contribution in [0.1, 0.15) is 149 Å². The van der Waals surface area contributed by atoms with Crippen molar-refractivity contribution in [3.63, 3.8) is 0 Å². The normalized spacial score (nSPS) is 23.4. The summed E-state index contributed by atoms with van der Waals surface area (Å²) < 4.78 is 34.1. The maximum absolute atomic E-state index is 12.8. The molecule has 1 rings (SSSR count). The highest BCUT2D eigenvalue weighted by atomic mass is 31.2. The van der Waals surface area contributed by atoms with Crippen LogP contribution in [0.25, 0.3) is 0 Å². The van der Waals surface area contributed by atoms with Crippen molar-refractivity contribution in [3.8, 4) is 0 Å². The summed E-state index contributed by atoms with van der Waals surface area (Å²) in [5, 5.41) is 50.1. The monoisotopic (exact) mass is 829 g/mol. The fourth-order valence-corrected chi connectivity index (χ4v) is 7.14. The highest BCUT2D eigenvalue weighted by Crippen LogP contribution is 2.47. The van der Waals surface area contributed by atoms with Gasteiger partial charge >= 0.3 is 13.8 Å². The first kappa shape index (κ1) is 53.1. The Labute approximate surface area is 343 Å². The SMILES string of the molecule is CC/C=C\C/C=C\C/C=C\CCCCCC(=O)OC(COCCCCCCCC/C=C\C/C=C\CCCCCC)COP(=O)(O)OC1C(O)C(O)C(O)C(O)C1O. The van der Waals surface area contributed by atoms with Gasteiger partial charge in [0.05, 0.1) is 13.2 Å². The summed E-state index contributed by atoms with van der Waals surface area (Å²) in [6, 6.07) is 0. The first-order valence-corrected chi connectivity index (χ1v) is 23.1. The predicted molar refractivity (Wildman–Crippen MR) is 225 cm³/mol. The van der Waals surface area contributed by atoms with Crippen molar-refractivity contribution in [1.82, 2.24) is 0 Å². The molecule has 6 atom stereocenters. The maximum atomic E-state index is 12.8. The fourth-order valence-electron chi connectivity index (χ4n) is 6.16. The molecule has 6 unspecified atom stereocenters. The van der Waals surface area contributed by atoms with Crippen LogP contribution in [-0.4, -0.2) is 98.9 Å². The lowest BCUT2D eigenvalue weighted by molar-refractivity contribution is -0.220. The molecule has 330 valence electrons. The third-order valence-corrected chi connectivity index (χ3v) is 10.6. The van der Waals surface area contributed by atoms with Crippen molar-refractivity contribution < 1.29 is 58.3 Å². The van der Waals surface area contributed by atoms with Crippen LogP contribution in [0, 0.1) is 0 Å². The highest BCUT2D eigenvalue weighted by molar-refractivity contribution is 7.47. The Morgan fingerprint density at radius 1 is 0.579 bits per heavy atom. The van der Waals surface area contributed by atoms with Gasteiger partial charge in [-0.15, -0.1) is 0 Å². The van der Waals surface area contributed by atoms with Gasteiger partial charge in [0.25, 0.3) is 0 Å². The second-order valence-corrected chi connectivity index (χ2v) is 16.2. The van der Waals surface area contributed by atoms with E-state index in [-0.39, 0.29) is 13.0 Å². The molecule has 0 aromatic carbocycles. The molecule has 0 aliphatic heterocycles. The summed E-state index contributed by atoms with van der Waals surface area (Å²) in [5.41, 5.74) is 0. The number of hydrogen-bond donors (Lipinski definition) is 6. The van der Waals surface area contributed by atoms with Crippen LogP contribution in [0.15, 0.2) is 60.8 Å². The molecule has 0 radical (unpaired) electrons. The molecule has 0 heterocycles. The van der Waals surface area contributed by atoms with E-state index in [4.69, 9.17) is 18.5 Å². The maximum Gasteiger partial charge on any atom is 0.472 e. The van der Waals surface area contributed by atoms with Gasteiger partial charge in [0.2, 0.25) is 0 Å². The molecule has 1 fully saturated rings. The summed E-state index contributed by atoms with van der Waals surface area (Å²) in [6.07, 6.45) is 30.1. The number of phosphoric acid groups is 1. The molecule has 13 heteroatoms. The van der Waals surface area contributed by atoms with E-state index in [1.54, 1.807) is 0 Å². The first-order chi connectivity index (χ1) is 27.5. The van der Waals surface area contributed by atoms with Gasteiger partial charge < -0.3 is 39.9 Å². The van der Waals surface area contributed by atoms with Crippen molar-refractivity contribution in [3.05, 3.63) is 60.8 Å². The average molecular weight is 829 g/mol. The van der Waals surface area contributed by atoms with Gasteiger partial charge in [-0.05, 0) is 77.0 Å². The second kappa shape index (κ2) is 34.9. The van der Waals surface area contributed by atoms with Gasteiger partial charge in [-0.1, -0.05) is 126 Å². The van der Waals surface area contributed by atoms with Gasteiger partial charge in [-0.3, -0.25) is 13.8 Å². The Balaban J connectivity index is 2.45. The van der Waals surface area contributed by atoms with Crippen molar-refractivity contribution in [2.24, 2.45) is 0 Å². The molecule has 6 N–H and O–H groups in total.